The van der Waals surface area contributed by atoms with E-state index in [1.165, 1.54) is 23.3 Å². The average Bonchev–Trinajstić information content (AvgIpc) is 2.36. The van der Waals surface area contributed by atoms with E-state index in [0.29, 0.717) is 0 Å². The molecule has 20 heavy (non-hydrogen) atoms. The Morgan fingerprint density at radius 3 is 2.20 bits per heavy atom. The highest BCUT2D eigenvalue weighted by Gasteiger charge is 2.13. The predicted molar refractivity (Wildman–Crippen MR) is 83.0 cm³/mol. The highest BCUT2D eigenvalue weighted by atomic mass is 19.1. The maximum Gasteiger partial charge on any atom is 0.123 e. The van der Waals surface area contributed by atoms with E-state index in [4.69, 9.17) is 5.73 Å². The molecule has 0 saturated heterocycles. The van der Waals surface area contributed by atoms with E-state index >= 15 is 0 Å². The second-order valence-electron chi connectivity index (χ2n) is 5.40. The van der Waals surface area contributed by atoms with E-state index in [0.717, 1.165) is 16.9 Å². The number of benzene rings is 2. The fraction of sp³-hybridized carbons (Fsp3) is 0.294. The molecule has 0 aliphatic heterocycles. The summed E-state index contributed by atoms with van der Waals surface area (Å²) in [6, 6.07) is 10.9. The Morgan fingerprint density at radius 1 is 1.05 bits per heavy atom. The van der Waals surface area contributed by atoms with Crippen molar-refractivity contribution in [3.05, 3.63) is 58.9 Å². The fourth-order valence-electron chi connectivity index (χ4n) is 2.48. The van der Waals surface area contributed by atoms with Gasteiger partial charge in [-0.2, -0.15) is 0 Å². The molecule has 0 aromatic heterocycles. The van der Waals surface area contributed by atoms with E-state index in [9.17, 15) is 4.39 Å². The fourth-order valence-corrected chi connectivity index (χ4v) is 2.48. The van der Waals surface area contributed by atoms with Gasteiger partial charge in [-0.3, -0.25) is 0 Å². The van der Waals surface area contributed by atoms with Crippen molar-refractivity contribution in [3.8, 4) is 0 Å². The highest BCUT2D eigenvalue weighted by Crippen LogP contribution is 2.31. The molecule has 0 spiro atoms. The Hall–Kier alpha value is -1.87. The van der Waals surface area contributed by atoms with E-state index in [-0.39, 0.29) is 11.9 Å². The third-order valence-corrected chi connectivity index (χ3v) is 3.44. The molecule has 106 valence electrons. The number of rotatable bonds is 3. The number of hydrogen-bond donors (Lipinski definition) is 1. The Balaban J connectivity index is 2.50. The summed E-state index contributed by atoms with van der Waals surface area (Å²) in [5, 5.41) is 0. The number of hydrogen-bond acceptors (Lipinski definition) is 2. The van der Waals surface area contributed by atoms with Crippen LogP contribution in [0.25, 0.3) is 0 Å². The van der Waals surface area contributed by atoms with Crippen LogP contribution in [0.5, 0.6) is 0 Å². The van der Waals surface area contributed by atoms with Crippen LogP contribution in [-0.2, 0) is 0 Å². The minimum atomic E-state index is -0.255. The summed E-state index contributed by atoms with van der Waals surface area (Å²) < 4.78 is 13.4. The van der Waals surface area contributed by atoms with Gasteiger partial charge in [-0.25, -0.2) is 4.39 Å². The summed E-state index contributed by atoms with van der Waals surface area (Å²) in [4.78, 5) is 2.05. The molecule has 1 unspecified atom stereocenters. The number of aryl methyl sites for hydroxylation is 2. The highest BCUT2D eigenvalue weighted by molar-refractivity contribution is 5.67. The SMILES string of the molecule is Cc1cc(C)cc(N(C)c2ccc(F)cc2C(C)N)c1. The predicted octanol–water partition coefficient (Wildman–Crippen LogP) is 4.23. The molecule has 0 amide bonds. The number of halogens is 1. The molecule has 0 bridgehead atoms. The standard InChI is InChI=1S/C17H21FN2/c1-11-7-12(2)9-15(8-11)20(4)17-6-5-14(18)10-16(17)13(3)19/h5-10,13H,19H2,1-4H3. The second kappa shape index (κ2) is 5.63. The van der Waals surface area contributed by atoms with Crippen molar-refractivity contribution in [1.82, 2.24) is 0 Å². The third kappa shape index (κ3) is 2.99. The molecule has 0 aliphatic carbocycles. The minimum absolute atomic E-state index is 0.214. The lowest BCUT2D eigenvalue weighted by Gasteiger charge is -2.25. The van der Waals surface area contributed by atoms with Crippen molar-refractivity contribution >= 4 is 11.4 Å². The maximum atomic E-state index is 13.4. The van der Waals surface area contributed by atoms with Gasteiger partial charge in [-0.15, -0.1) is 0 Å². The van der Waals surface area contributed by atoms with E-state index in [1.54, 1.807) is 6.07 Å². The maximum absolute atomic E-state index is 13.4. The van der Waals surface area contributed by atoms with Crippen LogP contribution in [0.3, 0.4) is 0 Å². The van der Waals surface area contributed by atoms with Gasteiger partial charge in [0.2, 0.25) is 0 Å². The van der Waals surface area contributed by atoms with Crippen LogP contribution >= 0.6 is 0 Å². The van der Waals surface area contributed by atoms with Gasteiger partial charge in [0.25, 0.3) is 0 Å². The molecule has 0 heterocycles. The van der Waals surface area contributed by atoms with Gasteiger partial charge in [0, 0.05) is 24.5 Å². The summed E-state index contributed by atoms with van der Waals surface area (Å²) in [7, 11) is 1.98. The molecular formula is C17H21FN2. The zero-order chi connectivity index (χ0) is 14.9. The van der Waals surface area contributed by atoms with Crippen molar-refractivity contribution in [3.63, 3.8) is 0 Å². The molecule has 3 heteroatoms. The van der Waals surface area contributed by atoms with Crippen molar-refractivity contribution in [2.75, 3.05) is 11.9 Å². The van der Waals surface area contributed by atoms with Crippen LogP contribution in [-0.4, -0.2) is 7.05 Å². The van der Waals surface area contributed by atoms with E-state index in [1.807, 2.05) is 14.0 Å². The zero-order valence-electron chi connectivity index (χ0n) is 12.4. The topological polar surface area (TPSA) is 29.3 Å². The van der Waals surface area contributed by atoms with E-state index < -0.39 is 0 Å². The normalized spacial score (nSPS) is 12.3. The van der Waals surface area contributed by atoms with Crippen LogP contribution in [0.4, 0.5) is 15.8 Å². The van der Waals surface area contributed by atoms with Crippen molar-refractivity contribution in [2.24, 2.45) is 5.73 Å². The van der Waals surface area contributed by atoms with Gasteiger partial charge >= 0.3 is 0 Å². The first-order valence-electron chi connectivity index (χ1n) is 6.75. The Bertz CT molecular complexity index is 600. The second-order valence-corrected chi connectivity index (χ2v) is 5.40. The monoisotopic (exact) mass is 272 g/mol. The Kier molecular flexibility index (Phi) is 4.09. The van der Waals surface area contributed by atoms with E-state index in [2.05, 4.69) is 36.9 Å². The van der Waals surface area contributed by atoms with Crippen molar-refractivity contribution in [2.45, 2.75) is 26.8 Å². The minimum Gasteiger partial charge on any atom is -0.344 e. The van der Waals surface area contributed by atoms with Gasteiger partial charge in [0.15, 0.2) is 0 Å². The molecule has 0 radical (unpaired) electrons. The third-order valence-electron chi connectivity index (χ3n) is 3.44. The molecular weight excluding hydrogens is 251 g/mol. The van der Waals surface area contributed by atoms with Crippen LogP contribution in [0.1, 0.15) is 29.7 Å². The smallest absolute Gasteiger partial charge is 0.123 e. The molecule has 1 atom stereocenters. The molecule has 0 saturated carbocycles. The van der Waals surface area contributed by atoms with Gasteiger partial charge in [0.1, 0.15) is 5.82 Å². The lowest BCUT2D eigenvalue weighted by Crippen LogP contribution is -2.16. The molecule has 2 rings (SSSR count). The van der Waals surface area contributed by atoms with Gasteiger partial charge < -0.3 is 10.6 Å². The molecule has 2 aromatic rings. The van der Waals surface area contributed by atoms with Crippen molar-refractivity contribution in [1.29, 1.82) is 0 Å². The largest absolute Gasteiger partial charge is 0.344 e. The van der Waals surface area contributed by atoms with Crippen LogP contribution in [0.15, 0.2) is 36.4 Å². The molecule has 0 fully saturated rings. The molecule has 0 aliphatic rings. The van der Waals surface area contributed by atoms with Crippen molar-refractivity contribution < 1.29 is 4.39 Å². The summed E-state index contributed by atoms with van der Waals surface area (Å²) in [5.41, 5.74) is 11.2. The van der Waals surface area contributed by atoms with Crippen LogP contribution in [0, 0.1) is 19.7 Å². The first kappa shape index (κ1) is 14.5. The first-order valence-corrected chi connectivity index (χ1v) is 6.75. The summed E-state index contributed by atoms with van der Waals surface area (Å²) in [5.74, 6) is -0.255. The zero-order valence-corrected chi connectivity index (χ0v) is 12.4. The molecule has 2 N–H and O–H groups in total. The molecule has 2 aromatic carbocycles. The first-order chi connectivity index (χ1) is 9.38. The van der Waals surface area contributed by atoms with Gasteiger partial charge in [-0.05, 0) is 67.8 Å². The van der Waals surface area contributed by atoms with Gasteiger partial charge in [0.05, 0.1) is 0 Å². The summed E-state index contributed by atoms with van der Waals surface area (Å²) >= 11 is 0. The number of nitrogens with zero attached hydrogens (tertiary/aromatic N) is 1. The average molecular weight is 272 g/mol. The van der Waals surface area contributed by atoms with Crippen LogP contribution < -0.4 is 10.6 Å². The number of anilines is 2. The van der Waals surface area contributed by atoms with Gasteiger partial charge in [-0.1, -0.05) is 6.07 Å². The summed E-state index contributed by atoms with van der Waals surface area (Å²) in [6.07, 6.45) is 0. The quantitative estimate of drug-likeness (QED) is 0.906. The molecule has 2 nitrogen and oxygen atoms in total. The lowest BCUT2D eigenvalue weighted by atomic mass is 10.0. The Labute approximate surface area is 120 Å². The van der Waals surface area contributed by atoms with Crippen LogP contribution in [0.2, 0.25) is 0 Å². The summed E-state index contributed by atoms with van der Waals surface area (Å²) in [6.45, 7) is 6.01. The number of nitrogens with two attached hydrogens (primary N) is 1. The lowest BCUT2D eigenvalue weighted by molar-refractivity contribution is 0.622. The Morgan fingerprint density at radius 2 is 1.65 bits per heavy atom.